The Bertz CT molecular complexity index is 263. The summed E-state index contributed by atoms with van der Waals surface area (Å²) in [4.78, 5) is 25.4. The molecule has 0 unspecified atom stereocenters. The first-order valence-electron chi connectivity index (χ1n) is 7.09. The molecule has 0 aromatic heterocycles. The maximum absolute atomic E-state index is 11.8. The van der Waals surface area contributed by atoms with Crippen molar-refractivity contribution in [3.05, 3.63) is 0 Å². The van der Waals surface area contributed by atoms with Crippen LogP contribution >= 0.6 is 0 Å². The standard InChI is InChI=1S/C14H29N3O2/c1-6-8-15-12(18)10-17(14(3,4)5)11-13(19)16-9-7-2/h6-11H2,1-5H3,(H,15,18)(H,16,19). The van der Waals surface area contributed by atoms with Crippen LogP contribution in [0.1, 0.15) is 47.5 Å². The van der Waals surface area contributed by atoms with Crippen LogP contribution in [0.3, 0.4) is 0 Å². The molecule has 112 valence electrons. The van der Waals surface area contributed by atoms with Crippen LogP contribution in [0.15, 0.2) is 0 Å². The molecule has 0 saturated carbocycles. The maximum atomic E-state index is 11.8. The first kappa shape index (κ1) is 17.9. The lowest BCUT2D eigenvalue weighted by molar-refractivity contribution is -0.127. The zero-order chi connectivity index (χ0) is 14.9. The highest BCUT2D eigenvalue weighted by Crippen LogP contribution is 2.12. The van der Waals surface area contributed by atoms with E-state index < -0.39 is 0 Å². The molecule has 0 aromatic rings. The molecule has 5 nitrogen and oxygen atoms in total. The van der Waals surface area contributed by atoms with Gasteiger partial charge < -0.3 is 10.6 Å². The van der Waals surface area contributed by atoms with Gasteiger partial charge in [0.15, 0.2) is 0 Å². The average Bonchev–Trinajstić information content (AvgIpc) is 2.31. The van der Waals surface area contributed by atoms with Crippen molar-refractivity contribution in [3.8, 4) is 0 Å². The quantitative estimate of drug-likeness (QED) is 0.696. The fourth-order valence-corrected chi connectivity index (χ4v) is 1.52. The lowest BCUT2D eigenvalue weighted by Crippen LogP contribution is -2.51. The van der Waals surface area contributed by atoms with Crippen LogP contribution in [0, 0.1) is 0 Å². The van der Waals surface area contributed by atoms with Crippen molar-refractivity contribution in [2.45, 2.75) is 53.0 Å². The number of hydrogen-bond acceptors (Lipinski definition) is 3. The number of carbonyl (C=O) groups is 2. The van der Waals surface area contributed by atoms with Crippen molar-refractivity contribution >= 4 is 11.8 Å². The number of rotatable bonds is 8. The molecule has 0 aromatic carbocycles. The normalized spacial score (nSPS) is 11.5. The summed E-state index contributed by atoms with van der Waals surface area (Å²) in [6.07, 6.45) is 1.83. The predicted molar refractivity (Wildman–Crippen MR) is 77.9 cm³/mol. The fourth-order valence-electron chi connectivity index (χ4n) is 1.52. The molecule has 2 N–H and O–H groups in total. The van der Waals surface area contributed by atoms with E-state index in [-0.39, 0.29) is 30.4 Å². The van der Waals surface area contributed by atoms with Gasteiger partial charge in [-0.2, -0.15) is 0 Å². The average molecular weight is 271 g/mol. The van der Waals surface area contributed by atoms with E-state index in [1.807, 2.05) is 39.5 Å². The fraction of sp³-hybridized carbons (Fsp3) is 0.857. The predicted octanol–water partition coefficient (Wildman–Crippen LogP) is 1.14. The summed E-state index contributed by atoms with van der Waals surface area (Å²) in [6, 6.07) is 0. The second-order valence-corrected chi connectivity index (χ2v) is 5.73. The van der Waals surface area contributed by atoms with E-state index in [9.17, 15) is 9.59 Å². The molecule has 0 heterocycles. The third-order valence-corrected chi connectivity index (χ3v) is 2.76. The summed E-state index contributed by atoms with van der Waals surface area (Å²) in [6.45, 7) is 11.9. The van der Waals surface area contributed by atoms with Crippen LogP contribution in [0.4, 0.5) is 0 Å². The molecule has 0 radical (unpaired) electrons. The van der Waals surface area contributed by atoms with Crippen molar-refractivity contribution in [2.24, 2.45) is 0 Å². The molecule has 0 fully saturated rings. The molecule has 0 rings (SSSR count). The van der Waals surface area contributed by atoms with E-state index in [2.05, 4.69) is 10.6 Å². The van der Waals surface area contributed by atoms with Gasteiger partial charge in [-0.15, -0.1) is 0 Å². The van der Waals surface area contributed by atoms with E-state index in [1.54, 1.807) is 0 Å². The number of amides is 2. The van der Waals surface area contributed by atoms with E-state index in [0.29, 0.717) is 13.1 Å². The summed E-state index contributed by atoms with van der Waals surface area (Å²) in [5.74, 6) is -0.0554. The second kappa shape index (κ2) is 8.91. The third-order valence-electron chi connectivity index (χ3n) is 2.76. The molecule has 2 amide bonds. The number of carbonyl (C=O) groups excluding carboxylic acids is 2. The summed E-state index contributed by atoms with van der Waals surface area (Å²) in [7, 11) is 0. The smallest absolute Gasteiger partial charge is 0.234 e. The Morgan fingerprint density at radius 1 is 0.895 bits per heavy atom. The summed E-state index contributed by atoms with van der Waals surface area (Å²) in [5, 5.41) is 5.68. The number of nitrogens with one attached hydrogen (secondary N) is 2. The van der Waals surface area contributed by atoms with E-state index >= 15 is 0 Å². The SMILES string of the molecule is CCCNC(=O)CN(CC(=O)NCCC)C(C)(C)C. The Kier molecular flexibility index (Phi) is 8.39. The minimum atomic E-state index is -0.215. The number of hydrogen-bond donors (Lipinski definition) is 2. The van der Waals surface area contributed by atoms with Crippen LogP contribution in [-0.2, 0) is 9.59 Å². The summed E-state index contributed by atoms with van der Waals surface area (Å²) >= 11 is 0. The van der Waals surface area contributed by atoms with Crippen molar-refractivity contribution in [3.63, 3.8) is 0 Å². The molecule has 0 aliphatic heterocycles. The van der Waals surface area contributed by atoms with Crippen molar-refractivity contribution in [1.82, 2.24) is 15.5 Å². The first-order chi connectivity index (χ1) is 8.81. The van der Waals surface area contributed by atoms with Gasteiger partial charge in [-0.3, -0.25) is 14.5 Å². The molecule has 19 heavy (non-hydrogen) atoms. The van der Waals surface area contributed by atoms with Crippen LogP contribution < -0.4 is 10.6 Å². The summed E-state index contributed by atoms with van der Waals surface area (Å²) in [5.41, 5.74) is -0.215. The Morgan fingerprint density at radius 2 is 1.26 bits per heavy atom. The van der Waals surface area contributed by atoms with Crippen LogP contribution in [-0.4, -0.2) is 48.4 Å². The molecule has 0 bridgehead atoms. The van der Waals surface area contributed by atoms with Gasteiger partial charge in [-0.1, -0.05) is 13.8 Å². The lowest BCUT2D eigenvalue weighted by Gasteiger charge is -2.34. The highest BCUT2D eigenvalue weighted by Gasteiger charge is 2.25. The Hall–Kier alpha value is -1.10. The Balaban J connectivity index is 4.40. The van der Waals surface area contributed by atoms with Gasteiger partial charge in [-0.25, -0.2) is 0 Å². The van der Waals surface area contributed by atoms with Crippen molar-refractivity contribution in [1.29, 1.82) is 0 Å². The molecule has 0 saturated heterocycles. The van der Waals surface area contributed by atoms with Crippen LogP contribution in [0.25, 0.3) is 0 Å². The Labute approximate surface area is 117 Å². The van der Waals surface area contributed by atoms with Gasteiger partial charge in [0.1, 0.15) is 0 Å². The molecule has 0 spiro atoms. The molecular formula is C14H29N3O2. The monoisotopic (exact) mass is 271 g/mol. The van der Waals surface area contributed by atoms with Gasteiger partial charge in [0.05, 0.1) is 13.1 Å². The zero-order valence-electron chi connectivity index (χ0n) is 13.0. The van der Waals surface area contributed by atoms with Crippen LogP contribution in [0.5, 0.6) is 0 Å². The van der Waals surface area contributed by atoms with E-state index in [1.165, 1.54) is 0 Å². The lowest BCUT2D eigenvalue weighted by atomic mass is 10.1. The third kappa shape index (κ3) is 8.59. The molecular weight excluding hydrogens is 242 g/mol. The highest BCUT2D eigenvalue weighted by atomic mass is 16.2. The topological polar surface area (TPSA) is 61.4 Å². The molecule has 5 heteroatoms. The zero-order valence-corrected chi connectivity index (χ0v) is 13.0. The molecule has 0 atom stereocenters. The minimum absolute atomic E-state index is 0.0277. The molecule has 0 aliphatic carbocycles. The number of nitrogens with zero attached hydrogens (tertiary/aromatic N) is 1. The maximum Gasteiger partial charge on any atom is 0.234 e. The molecule has 0 aliphatic rings. The largest absolute Gasteiger partial charge is 0.355 e. The van der Waals surface area contributed by atoms with E-state index in [4.69, 9.17) is 0 Å². The Morgan fingerprint density at radius 3 is 1.53 bits per heavy atom. The summed E-state index contributed by atoms with van der Waals surface area (Å²) < 4.78 is 0. The van der Waals surface area contributed by atoms with E-state index in [0.717, 1.165) is 12.8 Å². The van der Waals surface area contributed by atoms with Gasteiger partial charge in [0.25, 0.3) is 0 Å². The van der Waals surface area contributed by atoms with Crippen molar-refractivity contribution in [2.75, 3.05) is 26.2 Å². The van der Waals surface area contributed by atoms with Crippen molar-refractivity contribution < 1.29 is 9.59 Å². The highest BCUT2D eigenvalue weighted by molar-refractivity contribution is 5.81. The van der Waals surface area contributed by atoms with Gasteiger partial charge in [0, 0.05) is 18.6 Å². The second-order valence-electron chi connectivity index (χ2n) is 5.73. The van der Waals surface area contributed by atoms with Crippen LogP contribution in [0.2, 0.25) is 0 Å². The minimum Gasteiger partial charge on any atom is -0.355 e. The van der Waals surface area contributed by atoms with Gasteiger partial charge >= 0.3 is 0 Å². The first-order valence-corrected chi connectivity index (χ1v) is 7.09. The van der Waals surface area contributed by atoms with Gasteiger partial charge in [0.2, 0.25) is 11.8 Å². The van der Waals surface area contributed by atoms with Gasteiger partial charge in [-0.05, 0) is 33.6 Å².